The van der Waals surface area contributed by atoms with Crippen molar-refractivity contribution in [3.05, 3.63) is 86.5 Å². The molecule has 3 aromatic rings. The number of benzene rings is 3. The second kappa shape index (κ2) is 13.6. The van der Waals surface area contributed by atoms with Gasteiger partial charge in [0.1, 0.15) is 0 Å². The van der Waals surface area contributed by atoms with Gasteiger partial charge in [0.15, 0.2) is 0 Å². The first-order chi connectivity index (χ1) is 24.0. The minimum absolute atomic E-state index is 1.57. The van der Waals surface area contributed by atoms with Crippen molar-refractivity contribution in [3.8, 4) is 0 Å². The fraction of sp³-hybridized carbons (Fsp3) is 0.333. The maximum atomic E-state index is 14.5. The quantitative estimate of drug-likeness (QED) is 0.181. The Morgan fingerprint density at radius 1 is 0.218 bits per heavy atom. The third-order valence-electron chi connectivity index (χ3n) is 6.81. The molecule has 0 spiro atoms. The zero-order chi connectivity index (χ0) is 43.2. The van der Waals surface area contributed by atoms with Crippen LogP contribution in [-0.4, -0.2) is 21.8 Å². The van der Waals surface area contributed by atoms with Crippen molar-refractivity contribution in [3.63, 3.8) is 0 Å². The van der Waals surface area contributed by atoms with E-state index in [1.165, 1.54) is 0 Å². The molecule has 3 aromatic carbocycles. The molecule has 0 atom stereocenters. The Morgan fingerprint density at radius 3 is 0.436 bits per heavy atom. The predicted octanol–water partition coefficient (Wildman–Crippen LogP) is 11.4. The molecular weight excluding hydrogens is 1050 g/mol. The molecule has 308 valence electrons. The summed E-state index contributed by atoms with van der Waals surface area (Å²) in [4.78, 5) is 0. The molecule has 0 amide bonds. The SMILES string of the molecule is FC(F)(F)c1cc(C(F)(F)F)[c]([Bi]([c]2c(C(F)(F)F)cc(C(F)(F)F)cc2C(F)(F)F)[c]2c(C(F)(F)F)cc(C(F)(F)F)cc2C(F)(F)F)c(C(F)(F)F)c1. The van der Waals surface area contributed by atoms with Crippen LogP contribution in [0.1, 0.15) is 50.1 Å². The second-order valence-electron chi connectivity index (χ2n) is 10.6. The van der Waals surface area contributed by atoms with E-state index in [1.807, 2.05) is 0 Å². The molecular formula is C27H6BiF27. The summed E-state index contributed by atoms with van der Waals surface area (Å²) in [5.74, 6) is 0. The molecule has 0 N–H and O–H groups in total. The van der Waals surface area contributed by atoms with Crippen molar-refractivity contribution in [2.24, 2.45) is 0 Å². The van der Waals surface area contributed by atoms with Gasteiger partial charge in [-0.3, -0.25) is 0 Å². The van der Waals surface area contributed by atoms with E-state index in [2.05, 4.69) is 0 Å². The van der Waals surface area contributed by atoms with E-state index in [0.717, 1.165) is 0 Å². The van der Waals surface area contributed by atoms with E-state index in [0.29, 0.717) is 0 Å². The summed E-state index contributed by atoms with van der Waals surface area (Å²) in [7, 11) is 0. The normalized spacial score (nSPS) is 14.6. The summed E-state index contributed by atoms with van der Waals surface area (Å²) in [6, 6.07) is -9.40. The van der Waals surface area contributed by atoms with Gasteiger partial charge in [0.05, 0.1) is 0 Å². The van der Waals surface area contributed by atoms with Crippen molar-refractivity contribution < 1.29 is 119 Å². The van der Waals surface area contributed by atoms with Gasteiger partial charge in [-0.1, -0.05) is 0 Å². The molecule has 0 aliphatic heterocycles. The average Bonchev–Trinajstić information content (AvgIpc) is 2.92. The Morgan fingerprint density at radius 2 is 0.345 bits per heavy atom. The topological polar surface area (TPSA) is 0 Å². The van der Waals surface area contributed by atoms with Crippen LogP contribution in [0.2, 0.25) is 0 Å². The Hall–Kier alpha value is -3.35. The number of hydrogen-bond donors (Lipinski definition) is 0. The third-order valence-corrected chi connectivity index (χ3v) is 17.6. The van der Waals surface area contributed by atoms with Gasteiger partial charge in [0, 0.05) is 0 Å². The molecule has 3 rings (SSSR count). The summed E-state index contributed by atoms with van der Waals surface area (Å²) < 4.78 is 372. The van der Waals surface area contributed by atoms with Crippen LogP contribution in [0.3, 0.4) is 0 Å². The zero-order valence-corrected chi connectivity index (χ0v) is 28.1. The number of hydrogen-bond acceptors (Lipinski definition) is 0. The van der Waals surface area contributed by atoms with E-state index >= 15 is 0 Å². The number of rotatable bonds is 3. The van der Waals surface area contributed by atoms with E-state index < -0.39 is 174 Å². The van der Waals surface area contributed by atoms with Gasteiger partial charge < -0.3 is 0 Å². The summed E-state index contributed by atoms with van der Waals surface area (Å²) in [6.45, 7) is 0. The molecule has 0 nitrogen and oxygen atoms in total. The average molecular weight is 1050 g/mol. The molecule has 0 bridgehead atoms. The van der Waals surface area contributed by atoms with Gasteiger partial charge in [-0.25, -0.2) is 0 Å². The van der Waals surface area contributed by atoms with Crippen molar-refractivity contribution >= 4 is 31.6 Å². The molecule has 55 heavy (non-hydrogen) atoms. The van der Waals surface area contributed by atoms with Crippen molar-refractivity contribution in [1.29, 1.82) is 0 Å². The Balaban J connectivity index is 3.14. The van der Waals surface area contributed by atoms with E-state index in [1.54, 1.807) is 0 Å². The monoisotopic (exact) mass is 1050 g/mol. The number of alkyl halides is 27. The fourth-order valence-corrected chi connectivity index (χ4v) is 17.4. The third kappa shape index (κ3) is 9.79. The first-order valence-electron chi connectivity index (χ1n) is 13.0. The molecule has 28 heteroatoms. The number of halogens is 27. The molecule has 0 radical (unpaired) electrons. The van der Waals surface area contributed by atoms with E-state index in [9.17, 15) is 119 Å². The van der Waals surface area contributed by atoms with Gasteiger partial charge >= 0.3 is 292 Å². The molecule has 0 saturated carbocycles. The fourth-order valence-electron chi connectivity index (χ4n) is 4.75. The molecule has 0 unspecified atom stereocenters. The van der Waals surface area contributed by atoms with Crippen LogP contribution in [0.5, 0.6) is 0 Å². The first kappa shape index (κ1) is 46.0. The van der Waals surface area contributed by atoms with Crippen LogP contribution in [0.15, 0.2) is 36.4 Å². The molecule has 0 aliphatic carbocycles. The second-order valence-corrected chi connectivity index (χ2v) is 18.4. The van der Waals surface area contributed by atoms with Crippen molar-refractivity contribution in [2.45, 2.75) is 55.6 Å². The summed E-state index contributed by atoms with van der Waals surface area (Å²) >= 11 is -8.90. The molecule has 0 fully saturated rings. The van der Waals surface area contributed by atoms with Crippen LogP contribution in [0.25, 0.3) is 0 Å². The molecule has 0 aliphatic rings. The standard InChI is InChI=1S/3C9H2F9.Bi/c3*10-7(11,12)4-1-5(8(13,14)15)3-6(2-4)9(16,17)18;/h3*1-2H;. The first-order valence-corrected chi connectivity index (χ1v) is 18.2. The Kier molecular flexibility index (Phi) is 11.4. The van der Waals surface area contributed by atoms with Crippen LogP contribution in [0, 0.1) is 0 Å². The van der Waals surface area contributed by atoms with Gasteiger partial charge in [-0.05, 0) is 0 Å². The van der Waals surface area contributed by atoms with Crippen molar-refractivity contribution in [1.82, 2.24) is 0 Å². The van der Waals surface area contributed by atoms with Gasteiger partial charge in [0.25, 0.3) is 0 Å². The van der Waals surface area contributed by atoms with Crippen LogP contribution in [0.4, 0.5) is 119 Å². The Bertz CT molecular complexity index is 1590. The van der Waals surface area contributed by atoms with Crippen LogP contribution < -0.4 is 9.81 Å². The summed E-state index contributed by atoms with van der Waals surface area (Å²) in [5, 5.41) is 0. The predicted molar refractivity (Wildman–Crippen MR) is 129 cm³/mol. The van der Waals surface area contributed by atoms with Gasteiger partial charge in [0.2, 0.25) is 0 Å². The maximum absolute atomic E-state index is 14.5. The van der Waals surface area contributed by atoms with Crippen LogP contribution >= 0.6 is 0 Å². The molecule has 0 heterocycles. The molecule has 0 aromatic heterocycles. The minimum atomic E-state index is -8.90. The summed E-state index contributed by atoms with van der Waals surface area (Å²) in [6.07, 6.45) is -61.5. The Labute approximate surface area is 292 Å². The van der Waals surface area contributed by atoms with Crippen molar-refractivity contribution in [2.75, 3.05) is 0 Å². The van der Waals surface area contributed by atoms with Crippen LogP contribution in [-0.2, 0) is 55.6 Å². The van der Waals surface area contributed by atoms with Gasteiger partial charge in [-0.15, -0.1) is 0 Å². The van der Waals surface area contributed by atoms with E-state index in [-0.39, 0.29) is 0 Å². The zero-order valence-electron chi connectivity index (χ0n) is 24.6. The van der Waals surface area contributed by atoms with E-state index in [4.69, 9.17) is 0 Å². The molecule has 0 saturated heterocycles. The van der Waals surface area contributed by atoms with Gasteiger partial charge in [-0.2, -0.15) is 0 Å². The summed E-state index contributed by atoms with van der Waals surface area (Å²) in [5.41, 5.74) is -32.2.